The van der Waals surface area contributed by atoms with Gasteiger partial charge in [-0.1, -0.05) is 18.2 Å². The SMILES string of the molecule is C/C(=C/CCCl)c1ccc(C)c(F)c1. The second-order valence-electron chi connectivity index (χ2n) is 3.33. The Hall–Kier alpha value is -0.820. The molecule has 0 saturated heterocycles. The number of hydrogen-bond acceptors (Lipinski definition) is 0. The zero-order valence-corrected chi connectivity index (χ0v) is 9.24. The molecule has 0 aliphatic heterocycles. The van der Waals surface area contributed by atoms with E-state index in [1.807, 2.05) is 19.1 Å². The van der Waals surface area contributed by atoms with Gasteiger partial charge in [0.25, 0.3) is 0 Å². The summed E-state index contributed by atoms with van der Waals surface area (Å²) >= 11 is 5.57. The largest absolute Gasteiger partial charge is 0.207 e. The lowest BCUT2D eigenvalue weighted by Crippen LogP contribution is -1.86. The number of hydrogen-bond donors (Lipinski definition) is 0. The van der Waals surface area contributed by atoms with Crippen molar-refractivity contribution in [2.45, 2.75) is 20.3 Å². The molecule has 0 heterocycles. The summed E-state index contributed by atoms with van der Waals surface area (Å²) in [5.74, 6) is 0.451. The topological polar surface area (TPSA) is 0 Å². The molecular formula is C12H14ClF. The Kier molecular flexibility index (Phi) is 4.15. The lowest BCUT2D eigenvalue weighted by Gasteiger charge is -2.03. The highest BCUT2D eigenvalue weighted by molar-refractivity contribution is 6.17. The maximum Gasteiger partial charge on any atom is 0.126 e. The van der Waals surface area contributed by atoms with Gasteiger partial charge in [0.05, 0.1) is 0 Å². The molecule has 0 spiro atoms. The average Bonchev–Trinajstić information content (AvgIpc) is 2.18. The Morgan fingerprint density at radius 2 is 2.21 bits per heavy atom. The van der Waals surface area contributed by atoms with Crippen LogP contribution < -0.4 is 0 Å². The molecule has 0 N–H and O–H groups in total. The van der Waals surface area contributed by atoms with Gasteiger partial charge in [0.15, 0.2) is 0 Å². The quantitative estimate of drug-likeness (QED) is 0.660. The maximum absolute atomic E-state index is 13.2. The summed E-state index contributed by atoms with van der Waals surface area (Å²) in [6.07, 6.45) is 2.85. The van der Waals surface area contributed by atoms with Crippen LogP contribution in [0.15, 0.2) is 24.3 Å². The fourth-order valence-electron chi connectivity index (χ4n) is 1.23. The Morgan fingerprint density at radius 3 is 2.79 bits per heavy atom. The van der Waals surface area contributed by atoms with Gasteiger partial charge in [-0.05, 0) is 43.0 Å². The summed E-state index contributed by atoms with van der Waals surface area (Å²) in [4.78, 5) is 0. The van der Waals surface area contributed by atoms with Gasteiger partial charge in [-0.2, -0.15) is 0 Å². The molecule has 0 aliphatic carbocycles. The van der Waals surface area contributed by atoms with E-state index in [1.165, 1.54) is 0 Å². The van der Waals surface area contributed by atoms with Crippen molar-refractivity contribution in [3.63, 3.8) is 0 Å². The smallest absolute Gasteiger partial charge is 0.126 e. The molecule has 2 heteroatoms. The molecule has 0 aromatic heterocycles. The first-order chi connectivity index (χ1) is 6.65. The normalized spacial score (nSPS) is 11.9. The minimum atomic E-state index is -0.152. The lowest BCUT2D eigenvalue weighted by molar-refractivity contribution is 0.618. The van der Waals surface area contributed by atoms with E-state index in [9.17, 15) is 4.39 Å². The van der Waals surface area contributed by atoms with Crippen molar-refractivity contribution in [1.29, 1.82) is 0 Å². The van der Waals surface area contributed by atoms with E-state index >= 15 is 0 Å². The molecule has 0 nitrogen and oxygen atoms in total. The Bertz CT molecular complexity index is 342. The van der Waals surface area contributed by atoms with E-state index in [-0.39, 0.29) is 5.82 Å². The highest BCUT2D eigenvalue weighted by Gasteiger charge is 2.00. The minimum Gasteiger partial charge on any atom is -0.207 e. The number of rotatable bonds is 3. The highest BCUT2D eigenvalue weighted by atomic mass is 35.5. The molecule has 1 rings (SSSR count). The van der Waals surface area contributed by atoms with Gasteiger partial charge in [0.2, 0.25) is 0 Å². The van der Waals surface area contributed by atoms with Crippen molar-refractivity contribution in [1.82, 2.24) is 0 Å². The summed E-state index contributed by atoms with van der Waals surface area (Å²) in [5.41, 5.74) is 2.68. The summed E-state index contributed by atoms with van der Waals surface area (Å²) in [6.45, 7) is 3.73. The molecule has 0 amide bonds. The van der Waals surface area contributed by atoms with E-state index in [0.717, 1.165) is 17.6 Å². The zero-order valence-electron chi connectivity index (χ0n) is 8.48. The van der Waals surface area contributed by atoms with Gasteiger partial charge in [-0.25, -0.2) is 4.39 Å². The first-order valence-electron chi connectivity index (χ1n) is 4.64. The molecule has 0 radical (unpaired) electrons. The summed E-state index contributed by atoms with van der Waals surface area (Å²) in [6, 6.07) is 5.29. The molecule has 0 bridgehead atoms. The van der Waals surface area contributed by atoms with Crippen LogP contribution in [0, 0.1) is 12.7 Å². The van der Waals surface area contributed by atoms with Crippen LogP contribution in [0.2, 0.25) is 0 Å². The Balaban J connectivity index is 2.91. The summed E-state index contributed by atoms with van der Waals surface area (Å²) < 4.78 is 13.2. The third-order valence-corrected chi connectivity index (χ3v) is 2.41. The zero-order chi connectivity index (χ0) is 10.6. The first-order valence-corrected chi connectivity index (χ1v) is 5.18. The van der Waals surface area contributed by atoms with Crippen LogP contribution in [0.25, 0.3) is 5.57 Å². The molecule has 0 atom stereocenters. The Morgan fingerprint density at radius 1 is 1.50 bits per heavy atom. The van der Waals surface area contributed by atoms with E-state index < -0.39 is 0 Å². The molecule has 0 aliphatic rings. The van der Waals surface area contributed by atoms with Crippen molar-refractivity contribution in [2.24, 2.45) is 0 Å². The average molecular weight is 213 g/mol. The van der Waals surface area contributed by atoms with E-state index in [1.54, 1.807) is 19.1 Å². The van der Waals surface area contributed by atoms with Crippen LogP contribution in [0.3, 0.4) is 0 Å². The van der Waals surface area contributed by atoms with Gasteiger partial charge in [-0.15, -0.1) is 11.6 Å². The van der Waals surface area contributed by atoms with Crippen LogP contribution in [-0.4, -0.2) is 5.88 Å². The minimum absolute atomic E-state index is 0.152. The Labute approximate surface area is 89.4 Å². The van der Waals surface area contributed by atoms with Gasteiger partial charge in [0, 0.05) is 5.88 Å². The van der Waals surface area contributed by atoms with Crippen molar-refractivity contribution in [3.05, 3.63) is 41.2 Å². The maximum atomic E-state index is 13.2. The third kappa shape index (κ3) is 2.85. The molecule has 1 aromatic rings. The predicted octanol–water partition coefficient (Wildman–Crippen LogP) is 4.17. The number of aryl methyl sites for hydroxylation is 1. The monoisotopic (exact) mass is 212 g/mol. The first kappa shape index (κ1) is 11.3. The van der Waals surface area contributed by atoms with Crippen LogP contribution in [0.5, 0.6) is 0 Å². The number of halogens is 2. The van der Waals surface area contributed by atoms with Crippen molar-refractivity contribution < 1.29 is 4.39 Å². The van der Waals surface area contributed by atoms with Crippen LogP contribution in [-0.2, 0) is 0 Å². The number of alkyl halides is 1. The second kappa shape index (κ2) is 5.16. The van der Waals surface area contributed by atoms with Crippen LogP contribution in [0.1, 0.15) is 24.5 Å². The second-order valence-corrected chi connectivity index (χ2v) is 3.71. The van der Waals surface area contributed by atoms with Gasteiger partial charge in [0.1, 0.15) is 5.82 Å². The fourth-order valence-corrected chi connectivity index (χ4v) is 1.34. The summed E-state index contributed by atoms with van der Waals surface area (Å²) in [7, 11) is 0. The molecule has 0 saturated carbocycles. The van der Waals surface area contributed by atoms with Crippen LogP contribution >= 0.6 is 11.6 Å². The molecule has 0 fully saturated rings. The molecule has 1 aromatic carbocycles. The number of benzene rings is 1. The van der Waals surface area contributed by atoms with E-state index in [2.05, 4.69) is 0 Å². The molecule has 14 heavy (non-hydrogen) atoms. The van der Waals surface area contributed by atoms with E-state index in [0.29, 0.717) is 11.4 Å². The summed E-state index contributed by atoms with van der Waals surface area (Å²) in [5, 5.41) is 0. The molecule has 76 valence electrons. The van der Waals surface area contributed by atoms with Crippen LogP contribution in [0.4, 0.5) is 4.39 Å². The fraction of sp³-hybridized carbons (Fsp3) is 0.333. The number of allylic oxidation sites excluding steroid dienone is 2. The lowest BCUT2D eigenvalue weighted by atomic mass is 10.0. The van der Waals surface area contributed by atoms with Crippen molar-refractivity contribution in [3.8, 4) is 0 Å². The van der Waals surface area contributed by atoms with E-state index in [4.69, 9.17) is 11.6 Å². The molecule has 0 unspecified atom stereocenters. The van der Waals surface area contributed by atoms with Crippen molar-refractivity contribution in [2.75, 3.05) is 5.88 Å². The van der Waals surface area contributed by atoms with Gasteiger partial charge >= 0.3 is 0 Å². The highest BCUT2D eigenvalue weighted by Crippen LogP contribution is 2.17. The van der Waals surface area contributed by atoms with Gasteiger partial charge < -0.3 is 0 Å². The third-order valence-electron chi connectivity index (χ3n) is 2.19. The standard InChI is InChI=1S/C12H14ClF/c1-9(4-3-7-13)11-6-5-10(2)12(14)8-11/h4-6,8H,3,7H2,1-2H3/b9-4-. The van der Waals surface area contributed by atoms with Crippen molar-refractivity contribution >= 4 is 17.2 Å². The predicted molar refractivity (Wildman–Crippen MR) is 60.1 cm³/mol. The van der Waals surface area contributed by atoms with Gasteiger partial charge in [-0.3, -0.25) is 0 Å². The molecular weight excluding hydrogens is 199 g/mol.